The lowest BCUT2D eigenvalue weighted by atomic mass is 10.1. The van der Waals surface area contributed by atoms with Crippen LogP contribution in [0.5, 0.6) is 0 Å². The fraction of sp³-hybridized carbons (Fsp3) is 0.139. The third kappa shape index (κ3) is 6.34. The molecule has 0 saturated heterocycles. The Labute approximate surface area is 243 Å². The topological polar surface area (TPSA) is 55.8 Å². The zero-order valence-electron chi connectivity index (χ0n) is 23.5. The van der Waals surface area contributed by atoms with E-state index < -0.39 is 25.0 Å². The van der Waals surface area contributed by atoms with Gasteiger partial charge in [0.25, 0.3) is 0 Å². The number of allylic oxidation sites excluding steroid dienone is 3. The molecule has 0 fully saturated rings. The van der Waals surface area contributed by atoms with E-state index in [1.165, 1.54) is 12.2 Å². The van der Waals surface area contributed by atoms with E-state index >= 15 is 0 Å². The number of hydrogen-bond donors (Lipinski definition) is 1. The monoisotopic (exact) mass is 563 g/mol. The van der Waals surface area contributed by atoms with Gasteiger partial charge >= 0.3 is 5.97 Å². The molecule has 0 bridgehead atoms. The lowest BCUT2D eigenvalue weighted by Gasteiger charge is -2.38. The van der Waals surface area contributed by atoms with Crippen molar-refractivity contribution in [3.05, 3.63) is 163 Å². The van der Waals surface area contributed by atoms with Crippen LogP contribution in [0, 0.1) is 0 Å². The number of aliphatic hydroxyl groups excluding tert-OH is 1. The number of carbonyl (C=O) groups is 1. The van der Waals surface area contributed by atoms with Gasteiger partial charge in [-0.15, -0.1) is 0 Å². The van der Waals surface area contributed by atoms with Crippen molar-refractivity contribution in [1.82, 2.24) is 0 Å². The molecule has 0 radical (unpaired) electrons. The molecular formula is C36H36O4P+. The minimum atomic E-state index is -2.71. The quantitative estimate of drug-likeness (QED) is 0.0857. The molecule has 5 heteroatoms. The Balaban J connectivity index is 2.15. The molecule has 2 atom stereocenters. The average Bonchev–Trinajstić information content (AvgIpc) is 3.03. The Morgan fingerprint density at radius 2 is 1.24 bits per heavy atom. The van der Waals surface area contributed by atoms with Crippen LogP contribution in [-0.4, -0.2) is 23.8 Å². The first-order valence-corrected chi connectivity index (χ1v) is 15.6. The smallest absolute Gasteiger partial charge is 0.351 e. The van der Waals surface area contributed by atoms with Crippen molar-refractivity contribution in [3.8, 4) is 0 Å². The highest BCUT2D eigenvalue weighted by atomic mass is 31.2. The molecule has 0 amide bonds. The first-order valence-electron chi connectivity index (χ1n) is 13.7. The summed E-state index contributed by atoms with van der Waals surface area (Å²) < 4.78 is 12.3. The molecule has 2 unspecified atom stereocenters. The second-order valence-electron chi connectivity index (χ2n) is 9.32. The maximum atomic E-state index is 14.1. The Kier molecular flexibility index (Phi) is 10.3. The van der Waals surface area contributed by atoms with Crippen molar-refractivity contribution in [2.75, 3.05) is 6.61 Å². The van der Waals surface area contributed by atoms with E-state index in [0.29, 0.717) is 0 Å². The Morgan fingerprint density at radius 1 is 0.805 bits per heavy atom. The molecular weight excluding hydrogens is 527 g/mol. The van der Waals surface area contributed by atoms with Gasteiger partial charge in [-0.1, -0.05) is 97.6 Å². The van der Waals surface area contributed by atoms with Crippen LogP contribution in [0.3, 0.4) is 0 Å². The molecule has 1 N–H and O–H groups in total. The summed E-state index contributed by atoms with van der Waals surface area (Å²) in [6.45, 7) is 7.43. The molecule has 0 heterocycles. The molecule has 4 aromatic rings. The fourth-order valence-corrected chi connectivity index (χ4v) is 10.2. The molecule has 0 aromatic heterocycles. The summed E-state index contributed by atoms with van der Waals surface area (Å²) in [5.74, 6) is -0.442. The largest absolute Gasteiger partial charge is 0.504 e. The van der Waals surface area contributed by atoms with Crippen molar-refractivity contribution in [1.29, 1.82) is 0 Å². The van der Waals surface area contributed by atoms with Crippen LogP contribution in [0.25, 0.3) is 0 Å². The maximum absolute atomic E-state index is 14.1. The number of hydrogen-bond acceptors (Lipinski definition) is 4. The van der Waals surface area contributed by atoms with Crippen molar-refractivity contribution < 1.29 is 19.4 Å². The second kappa shape index (κ2) is 14.3. The number of ether oxygens (including phenoxy) is 2. The standard InChI is InChI=1S/C36H35O4P/c1-4-19-32(37)33(5-2)40-34(36(38)39-6-3)35(28-20-11-7-12-21-28)41(29-22-13-8-14-23-29,30-24-15-9-16-25-30)31-26-17-10-18-27-31/h4-5,7-27,34-35H,1,6H2,2-3H3/p+1/b32-19+,33-5+. The number of carbonyl (C=O) groups excluding carboxylic acids is 1. The normalized spacial score (nSPS) is 13.6. The van der Waals surface area contributed by atoms with Crippen LogP contribution in [0.4, 0.5) is 0 Å². The number of benzene rings is 4. The number of aliphatic hydroxyl groups is 1. The SMILES string of the molecule is C=C/C=C(O)\C(=C/C)OC(C(=O)OCC)C(c1ccccc1)[P+](c1ccccc1)(c1ccccc1)c1ccccc1. The molecule has 4 nitrogen and oxygen atoms in total. The molecule has 0 spiro atoms. The predicted molar refractivity (Wildman–Crippen MR) is 171 cm³/mol. The van der Waals surface area contributed by atoms with E-state index in [9.17, 15) is 9.90 Å². The van der Waals surface area contributed by atoms with Gasteiger partial charge < -0.3 is 14.6 Å². The summed E-state index contributed by atoms with van der Waals surface area (Å²) >= 11 is 0. The molecule has 0 aliphatic carbocycles. The maximum Gasteiger partial charge on any atom is 0.351 e. The minimum absolute atomic E-state index is 0.119. The molecule has 4 aromatic carbocycles. The lowest BCUT2D eigenvalue weighted by molar-refractivity contribution is -0.154. The summed E-state index contributed by atoms with van der Waals surface area (Å²) in [5.41, 5.74) is 0.416. The van der Waals surface area contributed by atoms with Gasteiger partial charge in [0, 0.05) is 0 Å². The van der Waals surface area contributed by atoms with Crippen LogP contribution in [0.15, 0.2) is 158 Å². The molecule has 0 saturated carbocycles. The van der Waals surface area contributed by atoms with Gasteiger partial charge in [0.2, 0.25) is 6.10 Å². The van der Waals surface area contributed by atoms with Crippen LogP contribution in [0.1, 0.15) is 25.1 Å². The van der Waals surface area contributed by atoms with Gasteiger partial charge in [-0.2, -0.15) is 0 Å². The third-order valence-corrected chi connectivity index (χ3v) is 11.6. The van der Waals surface area contributed by atoms with Gasteiger partial charge in [-0.25, -0.2) is 4.79 Å². The van der Waals surface area contributed by atoms with Crippen LogP contribution in [-0.2, 0) is 14.3 Å². The summed E-state index contributed by atoms with van der Waals surface area (Å²) in [7, 11) is -2.71. The van der Waals surface area contributed by atoms with Crippen molar-refractivity contribution in [2.24, 2.45) is 0 Å². The number of esters is 1. The predicted octanol–water partition coefficient (Wildman–Crippen LogP) is 7.20. The molecule has 41 heavy (non-hydrogen) atoms. The van der Waals surface area contributed by atoms with E-state index in [0.717, 1.165) is 21.5 Å². The number of rotatable bonds is 12. The summed E-state index contributed by atoms with van der Waals surface area (Å²) in [6, 6.07) is 41.0. The van der Waals surface area contributed by atoms with E-state index in [-0.39, 0.29) is 18.1 Å². The van der Waals surface area contributed by atoms with Gasteiger partial charge in [0.05, 0.1) is 6.61 Å². The Morgan fingerprint density at radius 3 is 1.63 bits per heavy atom. The summed E-state index contributed by atoms with van der Waals surface area (Å²) in [6.07, 6.45) is 3.48. The highest BCUT2D eigenvalue weighted by Gasteiger charge is 2.59. The molecule has 4 rings (SSSR count). The molecule has 208 valence electrons. The zero-order valence-corrected chi connectivity index (χ0v) is 24.4. The summed E-state index contributed by atoms with van der Waals surface area (Å²) in [5, 5.41) is 14.1. The van der Waals surface area contributed by atoms with Crippen molar-refractivity contribution in [2.45, 2.75) is 25.6 Å². The molecule has 0 aliphatic heterocycles. The van der Waals surface area contributed by atoms with Gasteiger partial charge in [-0.3, -0.25) is 0 Å². The second-order valence-corrected chi connectivity index (χ2v) is 12.9. The highest BCUT2D eigenvalue weighted by Crippen LogP contribution is 2.68. The molecule has 0 aliphatic rings. The average molecular weight is 564 g/mol. The zero-order chi connectivity index (χ0) is 29.1. The fourth-order valence-electron chi connectivity index (χ4n) is 5.24. The first-order chi connectivity index (χ1) is 20.1. The first kappa shape index (κ1) is 29.6. The Bertz CT molecular complexity index is 1370. The van der Waals surface area contributed by atoms with E-state index in [1.54, 1.807) is 19.9 Å². The van der Waals surface area contributed by atoms with E-state index in [2.05, 4.69) is 43.0 Å². The summed E-state index contributed by atoms with van der Waals surface area (Å²) in [4.78, 5) is 14.1. The van der Waals surface area contributed by atoms with Crippen LogP contribution >= 0.6 is 7.26 Å². The van der Waals surface area contributed by atoms with E-state index in [4.69, 9.17) is 9.47 Å². The lowest BCUT2D eigenvalue weighted by Crippen LogP contribution is -2.43. The highest BCUT2D eigenvalue weighted by molar-refractivity contribution is 7.96. The van der Waals surface area contributed by atoms with Crippen molar-refractivity contribution >= 4 is 29.1 Å². The third-order valence-electron chi connectivity index (χ3n) is 6.90. The van der Waals surface area contributed by atoms with Crippen LogP contribution in [0.2, 0.25) is 0 Å². The van der Waals surface area contributed by atoms with Gasteiger partial charge in [0.15, 0.2) is 17.2 Å². The van der Waals surface area contributed by atoms with Crippen molar-refractivity contribution in [3.63, 3.8) is 0 Å². The van der Waals surface area contributed by atoms with Gasteiger partial charge in [-0.05, 0) is 68.0 Å². The Hall–Kier alpha value is -4.40. The van der Waals surface area contributed by atoms with Gasteiger partial charge in [0.1, 0.15) is 23.2 Å². The minimum Gasteiger partial charge on any atom is -0.504 e. The van der Waals surface area contributed by atoms with E-state index in [1.807, 2.05) is 84.9 Å². The van der Waals surface area contributed by atoms with Crippen LogP contribution < -0.4 is 15.9 Å².